The quantitative estimate of drug-likeness (QED) is 0.909. The highest BCUT2D eigenvalue weighted by atomic mass is 35.5. The van der Waals surface area contributed by atoms with Gasteiger partial charge in [0.15, 0.2) is 0 Å². The first-order valence-corrected chi connectivity index (χ1v) is 7.43. The van der Waals surface area contributed by atoms with E-state index < -0.39 is 0 Å². The third-order valence-corrected chi connectivity index (χ3v) is 3.76. The Morgan fingerprint density at radius 1 is 1.45 bits per heavy atom. The number of nitrogens with two attached hydrogens (primary N) is 1. The fourth-order valence-electron chi connectivity index (χ4n) is 2.76. The molecule has 20 heavy (non-hydrogen) atoms. The van der Waals surface area contributed by atoms with E-state index >= 15 is 0 Å². The summed E-state index contributed by atoms with van der Waals surface area (Å²) in [7, 11) is 0. The van der Waals surface area contributed by atoms with Crippen molar-refractivity contribution < 1.29 is 9.53 Å². The Morgan fingerprint density at radius 2 is 2.20 bits per heavy atom. The van der Waals surface area contributed by atoms with E-state index in [1.165, 1.54) is 0 Å². The molecule has 2 rings (SSSR count). The molecule has 4 nitrogen and oxygen atoms in total. The van der Waals surface area contributed by atoms with Gasteiger partial charge < -0.3 is 15.4 Å². The van der Waals surface area contributed by atoms with E-state index in [-0.39, 0.29) is 18.0 Å². The van der Waals surface area contributed by atoms with E-state index in [1.54, 1.807) is 6.07 Å². The second-order valence-electron chi connectivity index (χ2n) is 5.02. The standard InChI is InChI=1S/C15H21ClN2O2/c1-3-7-18-14(19)9-12(17)15(18)11-8-10(16)5-6-13(11)20-4-2/h5-6,8,12,15H,3-4,7,9,17H2,1-2H3. The molecule has 5 heteroatoms. The summed E-state index contributed by atoms with van der Waals surface area (Å²) in [6.07, 6.45) is 1.28. The normalized spacial score (nSPS) is 22.4. The zero-order valence-corrected chi connectivity index (χ0v) is 12.7. The first-order chi connectivity index (χ1) is 9.58. The zero-order chi connectivity index (χ0) is 14.7. The summed E-state index contributed by atoms with van der Waals surface area (Å²) in [4.78, 5) is 13.9. The fourth-order valence-corrected chi connectivity index (χ4v) is 2.94. The van der Waals surface area contributed by atoms with Crippen molar-refractivity contribution in [3.63, 3.8) is 0 Å². The van der Waals surface area contributed by atoms with Crippen molar-refractivity contribution in [2.45, 2.75) is 38.8 Å². The lowest BCUT2D eigenvalue weighted by molar-refractivity contribution is -0.129. The summed E-state index contributed by atoms with van der Waals surface area (Å²) < 4.78 is 5.66. The van der Waals surface area contributed by atoms with Crippen molar-refractivity contribution in [3.05, 3.63) is 28.8 Å². The van der Waals surface area contributed by atoms with E-state index in [0.717, 1.165) is 17.7 Å². The number of rotatable bonds is 5. The molecule has 1 heterocycles. The van der Waals surface area contributed by atoms with Gasteiger partial charge in [0, 0.05) is 29.6 Å². The number of hydrogen-bond acceptors (Lipinski definition) is 3. The van der Waals surface area contributed by atoms with Crippen molar-refractivity contribution >= 4 is 17.5 Å². The van der Waals surface area contributed by atoms with Gasteiger partial charge in [0.25, 0.3) is 0 Å². The average Bonchev–Trinajstić information content (AvgIpc) is 2.67. The molecule has 2 N–H and O–H groups in total. The van der Waals surface area contributed by atoms with Crippen molar-refractivity contribution in [1.29, 1.82) is 0 Å². The molecule has 1 fully saturated rings. The summed E-state index contributed by atoms with van der Waals surface area (Å²) in [5, 5.41) is 0.631. The molecule has 1 aliphatic heterocycles. The maximum atomic E-state index is 12.1. The molecule has 0 spiro atoms. The van der Waals surface area contributed by atoms with Crippen LogP contribution in [0.1, 0.15) is 38.3 Å². The smallest absolute Gasteiger partial charge is 0.224 e. The third-order valence-electron chi connectivity index (χ3n) is 3.53. The van der Waals surface area contributed by atoms with Crippen LogP contribution in [0.2, 0.25) is 5.02 Å². The molecule has 110 valence electrons. The van der Waals surface area contributed by atoms with Crippen molar-refractivity contribution in [2.24, 2.45) is 5.73 Å². The highest BCUT2D eigenvalue weighted by Gasteiger charge is 2.39. The Kier molecular flexibility index (Phi) is 4.89. The molecule has 1 aromatic rings. The monoisotopic (exact) mass is 296 g/mol. The maximum Gasteiger partial charge on any atom is 0.224 e. The fraction of sp³-hybridized carbons (Fsp3) is 0.533. The molecule has 0 saturated carbocycles. The molecular formula is C15H21ClN2O2. The molecule has 1 aromatic carbocycles. The van der Waals surface area contributed by atoms with E-state index in [0.29, 0.717) is 24.6 Å². The van der Waals surface area contributed by atoms with Gasteiger partial charge in [-0.25, -0.2) is 0 Å². The largest absolute Gasteiger partial charge is 0.494 e. The molecule has 1 aliphatic rings. The Balaban J connectivity index is 2.41. The Morgan fingerprint density at radius 3 is 2.85 bits per heavy atom. The maximum absolute atomic E-state index is 12.1. The van der Waals surface area contributed by atoms with Crippen LogP contribution in [0.5, 0.6) is 5.75 Å². The molecule has 0 aromatic heterocycles. The van der Waals surface area contributed by atoms with Crippen LogP contribution < -0.4 is 10.5 Å². The van der Waals surface area contributed by atoms with Crippen LogP contribution in [0.3, 0.4) is 0 Å². The number of benzene rings is 1. The summed E-state index contributed by atoms with van der Waals surface area (Å²) in [5.41, 5.74) is 7.08. The Labute approximate surface area is 124 Å². The van der Waals surface area contributed by atoms with Gasteiger partial charge >= 0.3 is 0 Å². The first kappa shape index (κ1) is 15.1. The topological polar surface area (TPSA) is 55.6 Å². The van der Waals surface area contributed by atoms with Crippen LogP contribution in [-0.4, -0.2) is 30.0 Å². The molecule has 0 bridgehead atoms. The molecule has 1 saturated heterocycles. The number of likely N-dealkylation sites (tertiary alicyclic amines) is 1. The van der Waals surface area contributed by atoms with Crippen LogP contribution in [0.4, 0.5) is 0 Å². The number of ether oxygens (including phenoxy) is 1. The first-order valence-electron chi connectivity index (χ1n) is 7.05. The highest BCUT2D eigenvalue weighted by molar-refractivity contribution is 6.30. The number of halogens is 1. The van der Waals surface area contributed by atoms with Crippen molar-refractivity contribution in [1.82, 2.24) is 4.90 Å². The van der Waals surface area contributed by atoms with Gasteiger partial charge in [-0.05, 0) is 31.5 Å². The summed E-state index contributed by atoms with van der Waals surface area (Å²) in [6.45, 7) is 5.26. The third kappa shape index (κ3) is 2.91. The van der Waals surface area contributed by atoms with Gasteiger partial charge in [-0.1, -0.05) is 18.5 Å². The number of carbonyl (C=O) groups is 1. The van der Waals surface area contributed by atoms with Crippen LogP contribution in [0.15, 0.2) is 18.2 Å². The summed E-state index contributed by atoms with van der Waals surface area (Å²) in [6, 6.07) is 5.14. The molecular weight excluding hydrogens is 276 g/mol. The van der Waals surface area contributed by atoms with Crippen LogP contribution in [0, 0.1) is 0 Å². The van der Waals surface area contributed by atoms with Crippen LogP contribution >= 0.6 is 11.6 Å². The zero-order valence-electron chi connectivity index (χ0n) is 11.9. The van der Waals surface area contributed by atoms with Gasteiger partial charge in [0.1, 0.15) is 5.75 Å². The second kappa shape index (κ2) is 6.46. The number of amides is 1. The van der Waals surface area contributed by atoms with E-state index in [2.05, 4.69) is 6.92 Å². The highest BCUT2D eigenvalue weighted by Crippen LogP contribution is 2.38. The minimum Gasteiger partial charge on any atom is -0.494 e. The summed E-state index contributed by atoms with van der Waals surface area (Å²) in [5.74, 6) is 0.861. The molecule has 0 aliphatic carbocycles. The van der Waals surface area contributed by atoms with Gasteiger partial charge in [-0.3, -0.25) is 4.79 Å². The van der Waals surface area contributed by atoms with Crippen molar-refractivity contribution in [2.75, 3.05) is 13.2 Å². The average molecular weight is 297 g/mol. The number of nitrogens with zero attached hydrogens (tertiary/aromatic N) is 1. The lowest BCUT2D eigenvalue weighted by Crippen LogP contribution is -2.34. The SMILES string of the molecule is CCCN1C(=O)CC(N)C1c1cc(Cl)ccc1OCC. The predicted octanol–water partition coefficient (Wildman–Crippen LogP) is 2.75. The molecule has 2 atom stereocenters. The minimum atomic E-state index is -0.216. The number of hydrogen-bond donors (Lipinski definition) is 1. The number of carbonyl (C=O) groups excluding carboxylic acids is 1. The second-order valence-corrected chi connectivity index (χ2v) is 5.45. The Bertz CT molecular complexity index is 493. The van der Waals surface area contributed by atoms with E-state index in [9.17, 15) is 4.79 Å². The lowest BCUT2D eigenvalue weighted by atomic mass is 9.99. The lowest BCUT2D eigenvalue weighted by Gasteiger charge is -2.28. The van der Waals surface area contributed by atoms with Gasteiger partial charge in [0.2, 0.25) is 5.91 Å². The van der Waals surface area contributed by atoms with Crippen LogP contribution in [-0.2, 0) is 4.79 Å². The van der Waals surface area contributed by atoms with Crippen molar-refractivity contribution in [3.8, 4) is 5.75 Å². The van der Waals surface area contributed by atoms with Gasteiger partial charge in [0.05, 0.1) is 12.6 Å². The van der Waals surface area contributed by atoms with Gasteiger partial charge in [-0.15, -0.1) is 0 Å². The Hall–Kier alpha value is -1.26. The van der Waals surface area contributed by atoms with Gasteiger partial charge in [-0.2, -0.15) is 0 Å². The van der Waals surface area contributed by atoms with E-state index in [4.69, 9.17) is 22.1 Å². The summed E-state index contributed by atoms with van der Waals surface area (Å²) >= 11 is 6.10. The molecule has 2 unspecified atom stereocenters. The van der Waals surface area contributed by atoms with Crippen LogP contribution in [0.25, 0.3) is 0 Å². The molecule has 1 amide bonds. The minimum absolute atomic E-state index is 0.103. The van der Waals surface area contributed by atoms with E-state index in [1.807, 2.05) is 24.0 Å². The predicted molar refractivity (Wildman–Crippen MR) is 80.0 cm³/mol. The molecule has 0 radical (unpaired) electrons.